The highest BCUT2D eigenvalue weighted by molar-refractivity contribution is 7.99. The molecule has 2 N–H and O–H groups in total. The summed E-state index contributed by atoms with van der Waals surface area (Å²) in [7, 11) is 6.45. The largest absolute Gasteiger partial charge is 0.478 e. The van der Waals surface area contributed by atoms with Crippen molar-refractivity contribution in [1.82, 2.24) is 9.80 Å². The molecule has 2 unspecified atom stereocenters. The van der Waals surface area contributed by atoms with Crippen molar-refractivity contribution >= 4 is 58.3 Å². The summed E-state index contributed by atoms with van der Waals surface area (Å²) >= 11 is 14.1. The van der Waals surface area contributed by atoms with Crippen LogP contribution in [-0.2, 0) is 19.9 Å². The van der Waals surface area contributed by atoms with Gasteiger partial charge < -0.3 is 29.6 Å². The highest BCUT2D eigenvalue weighted by atomic mass is 35.5. The molecule has 2 aliphatic heterocycles. The highest BCUT2D eigenvalue weighted by Crippen LogP contribution is 2.48. The second kappa shape index (κ2) is 20.6. The third kappa shape index (κ3) is 12.6. The Balaban J connectivity index is 0.000000198. The number of hydrogen-bond acceptors (Lipinski definition) is 7. The molecule has 4 aromatic carbocycles. The van der Waals surface area contributed by atoms with E-state index in [0.717, 1.165) is 48.1 Å². The molecule has 53 heavy (non-hydrogen) atoms. The molecule has 0 bridgehead atoms. The van der Waals surface area contributed by atoms with Gasteiger partial charge in [-0.1, -0.05) is 89.6 Å². The smallest absolute Gasteiger partial charge is 0.328 e. The molecule has 1 fully saturated rings. The predicted octanol–water partition coefficient (Wildman–Crippen LogP) is 9.71. The van der Waals surface area contributed by atoms with Gasteiger partial charge in [-0.05, 0) is 120 Å². The lowest BCUT2D eigenvalue weighted by atomic mass is 9.88. The lowest BCUT2D eigenvalue weighted by Crippen LogP contribution is -2.31. The highest BCUT2D eigenvalue weighted by Gasteiger charge is 2.31. The molecule has 2 heterocycles. The number of carboxylic acid groups (broad SMARTS) is 2. The summed E-state index contributed by atoms with van der Waals surface area (Å²) in [5.74, 6) is -2.51. The fraction of sp³-hybridized carbons (Fsp3) is 0.333. The molecule has 282 valence electrons. The van der Waals surface area contributed by atoms with Crippen molar-refractivity contribution in [2.24, 2.45) is 0 Å². The number of likely N-dealkylation sites (tertiary alicyclic amines) is 1. The first-order valence-corrected chi connectivity index (χ1v) is 19.2. The molecular formula is C42H49Cl2N3O5S. The van der Waals surface area contributed by atoms with Crippen LogP contribution in [0, 0.1) is 0 Å². The molecule has 2 aliphatic rings. The maximum atomic E-state index is 9.55. The van der Waals surface area contributed by atoms with Gasteiger partial charge in [-0.2, -0.15) is 0 Å². The normalized spacial score (nSPS) is 16.1. The van der Waals surface area contributed by atoms with Gasteiger partial charge in [-0.15, -0.1) is 0 Å². The van der Waals surface area contributed by atoms with Gasteiger partial charge in [0.2, 0.25) is 0 Å². The van der Waals surface area contributed by atoms with Crippen LogP contribution >= 0.6 is 35.0 Å². The van der Waals surface area contributed by atoms with Crippen molar-refractivity contribution in [2.75, 3.05) is 52.3 Å². The summed E-state index contributed by atoms with van der Waals surface area (Å²) in [5, 5.41) is 17.2. The van der Waals surface area contributed by atoms with Crippen molar-refractivity contribution < 1.29 is 24.5 Å². The summed E-state index contributed by atoms with van der Waals surface area (Å²) in [6.07, 6.45) is 5.90. The van der Waals surface area contributed by atoms with E-state index in [0.29, 0.717) is 18.2 Å². The number of nitrogens with zero attached hydrogens (tertiary/aromatic N) is 3. The Morgan fingerprint density at radius 2 is 1.47 bits per heavy atom. The maximum absolute atomic E-state index is 9.55. The van der Waals surface area contributed by atoms with Gasteiger partial charge in [-0.25, -0.2) is 9.59 Å². The van der Waals surface area contributed by atoms with E-state index in [1.807, 2.05) is 36.0 Å². The molecule has 0 amide bonds. The third-order valence-corrected chi connectivity index (χ3v) is 10.8. The van der Waals surface area contributed by atoms with Gasteiger partial charge in [0, 0.05) is 51.2 Å². The fourth-order valence-electron chi connectivity index (χ4n) is 6.33. The number of carbonyl (C=O) groups is 2. The zero-order valence-electron chi connectivity index (χ0n) is 30.8. The predicted molar refractivity (Wildman–Crippen MR) is 217 cm³/mol. The summed E-state index contributed by atoms with van der Waals surface area (Å²) in [6.45, 7) is 6.20. The SMILES string of the molecule is CN(C)CCCN1c2ccccc2Sc2ccc(Cl)cc21.CN1CCCC1CCOC(C)(c1ccccc1)c1ccc(Cl)cc1.O=C(O)C=CC(=O)O. The van der Waals surface area contributed by atoms with Crippen LogP contribution in [0.5, 0.6) is 0 Å². The first-order chi connectivity index (χ1) is 25.4. The Morgan fingerprint density at radius 1 is 0.868 bits per heavy atom. The van der Waals surface area contributed by atoms with Gasteiger partial charge in [0.05, 0.1) is 11.4 Å². The second-order valence-corrected chi connectivity index (χ2v) is 15.3. The van der Waals surface area contributed by atoms with Crippen LogP contribution in [0.15, 0.2) is 119 Å². The standard InChI is InChI=1S/C21H26ClNO.C17H19ClN2S.C4H4O4/c1-21(17-7-4-3-5-8-17,18-10-12-19(22)13-11-18)24-16-14-20-9-6-15-23(20)2;1-19(2)10-5-11-20-14-6-3-4-7-16(14)21-17-9-8-13(18)12-15(17)20;5-3(6)1-2-4(7)8/h3-5,7-8,10-13,20H,6,9,14-16H2,1-2H3;3-4,6-9,12H,5,10-11H2,1-2H3;1-2H,(H,5,6)(H,7,8). The van der Waals surface area contributed by atoms with E-state index < -0.39 is 17.5 Å². The first kappa shape index (κ1) is 41.9. The summed E-state index contributed by atoms with van der Waals surface area (Å²) in [6, 6.07) is 33.9. The number of hydrogen-bond donors (Lipinski definition) is 2. The summed E-state index contributed by atoms with van der Waals surface area (Å²) in [4.78, 5) is 28.8. The van der Waals surface area contributed by atoms with Crippen LogP contribution in [0.3, 0.4) is 0 Å². The van der Waals surface area contributed by atoms with Gasteiger partial charge in [-0.3, -0.25) is 0 Å². The topological polar surface area (TPSA) is 93.5 Å². The zero-order valence-corrected chi connectivity index (χ0v) is 33.1. The second-order valence-electron chi connectivity index (χ2n) is 13.3. The molecule has 0 radical (unpaired) electrons. The number of aliphatic carboxylic acids is 2. The van der Waals surface area contributed by atoms with Crippen molar-refractivity contribution in [1.29, 1.82) is 0 Å². The molecule has 0 saturated carbocycles. The molecule has 0 aromatic heterocycles. The van der Waals surface area contributed by atoms with Crippen molar-refractivity contribution in [3.8, 4) is 0 Å². The van der Waals surface area contributed by atoms with E-state index in [9.17, 15) is 9.59 Å². The van der Waals surface area contributed by atoms with Crippen LogP contribution in [0.4, 0.5) is 11.4 Å². The molecule has 8 nitrogen and oxygen atoms in total. The molecule has 0 aliphatic carbocycles. The van der Waals surface area contributed by atoms with Crippen molar-refractivity contribution in [2.45, 2.75) is 54.0 Å². The van der Waals surface area contributed by atoms with E-state index >= 15 is 0 Å². The number of benzene rings is 4. The number of carboxylic acids is 2. The lowest BCUT2D eigenvalue weighted by Gasteiger charge is -2.33. The molecule has 0 spiro atoms. The Kier molecular flexibility index (Phi) is 16.3. The van der Waals surface area contributed by atoms with Crippen molar-refractivity contribution in [3.63, 3.8) is 0 Å². The number of rotatable bonds is 12. The van der Waals surface area contributed by atoms with Gasteiger partial charge >= 0.3 is 11.9 Å². The first-order valence-electron chi connectivity index (χ1n) is 17.7. The molecule has 2 atom stereocenters. The van der Waals surface area contributed by atoms with E-state index in [4.69, 9.17) is 38.2 Å². The average molecular weight is 779 g/mol. The van der Waals surface area contributed by atoms with Crippen LogP contribution < -0.4 is 4.90 Å². The number of para-hydroxylation sites is 1. The number of ether oxygens (including phenoxy) is 1. The Bertz CT molecular complexity index is 1790. The summed E-state index contributed by atoms with van der Waals surface area (Å²) in [5.41, 5.74) is 4.37. The van der Waals surface area contributed by atoms with Crippen LogP contribution in [0.25, 0.3) is 0 Å². The Labute approximate surface area is 328 Å². The monoisotopic (exact) mass is 777 g/mol. The number of fused-ring (bicyclic) bond motifs is 2. The molecular weight excluding hydrogens is 729 g/mol. The lowest BCUT2D eigenvalue weighted by molar-refractivity contribution is -0.134. The van der Waals surface area contributed by atoms with E-state index in [2.05, 4.69) is 116 Å². The van der Waals surface area contributed by atoms with Crippen LogP contribution in [0.1, 0.15) is 43.7 Å². The van der Waals surface area contributed by atoms with Gasteiger partial charge in [0.1, 0.15) is 5.60 Å². The Morgan fingerprint density at radius 3 is 2.09 bits per heavy atom. The summed E-state index contributed by atoms with van der Waals surface area (Å²) < 4.78 is 6.48. The molecule has 4 aromatic rings. The third-order valence-electron chi connectivity index (χ3n) is 9.18. The minimum absolute atomic E-state index is 0.455. The van der Waals surface area contributed by atoms with Crippen molar-refractivity contribution in [3.05, 3.63) is 130 Å². The van der Waals surface area contributed by atoms with E-state index in [1.165, 1.54) is 46.1 Å². The number of anilines is 2. The minimum atomic E-state index is -1.26. The minimum Gasteiger partial charge on any atom is -0.478 e. The Hall–Kier alpha value is -3.83. The van der Waals surface area contributed by atoms with Crippen LogP contribution in [0.2, 0.25) is 10.0 Å². The molecule has 6 rings (SSSR count). The fourth-order valence-corrected chi connectivity index (χ4v) is 7.70. The molecule has 1 saturated heterocycles. The van der Waals surface area contributed by atoms with Gasteiger partial charge in [0.15, 0.2) is 0 Å². The molecule has 11 heteroatoms. The average Bonchev–Trinajstić information content (AvgIpc) is 3.55. The van der Waals surface area contributed by atoms with E-state index in [-0.39, 0.29) is 0 Å². The van der Waals surface area contributed by atoms with Gasteiger partial charge in [0.25, 0.3) is 0 Å². The van der Waals surface area contributed by atoms with E-state index in [1.54, 1.807) is 0 Å². The maximum Gasteiger partial charge on any atom is 0.328 e. The number of halogens is 2. The van der Waals surface area contributed by atoms with Crippen LogP contribution in [-0.4, -0.2) is 85.4 Å². The zero-order chi connectivity index (χ0) is 38.4. The quantitative estimate of drug-likeness (QED) is 0.136.